The van der Waals surface area contributed by atoms with Gasteiger partial charge in [-0.25, -0.2) is 0 Å². The van der Waals surface area contributed by atoms with Gasteiger partial charge in [-0.1, -0.05) is 23.2 Å². The molecule has 6 heteroatoms. The van der Waals surface area contributed by atoms with Gasteiger partial charge in [0.25, 0.3) is 0 Å². The van der Waals surface area contributed by atoms with Gasteiger partial charge < -0.3 is 5.32 Å². The van der Waals surface area contributed by atoms with Gasteiger partial charge in [-0.2, -0.15) is 0 Å². The van der Waals surface area contributed by atoms with Crippen LogP contribution in [0.25, 0.3) is 0 Å². The molecule has 1 heterocycles. The molecule has 96 valence electrons. The van der Waals surface area contributed by atoms with Crippen LogP contribution in [0.1, 0.15) is 9.75 Å². The Morgan fingerprint density at radius 3 is 2.50 bits per heavy atom. The van der Waals surface area contributed by atoms with Gasteiger partial charge in [-0.15, -0.1) is 11.3 Å². The van der Waals surface area contributed by atoms with Crippen LogP contribution >= 0.6 is 66.4 Å². The molecule has 0 aliphatic carbocycles. The minimum absolute atomic E-state index is 0.533. The summed E-state index contributed by atoms with van der Waals surface area (Å²) in [4.78, 5) is 2.52. The molecule has 0 aliphatic rings. The minimum atomic E-state index is 0.533. The molecule has 0 unspecified atom stereocenters. The third kappa shape index (κ3) is 3.23. The number of halogens is 4. The summed E-state index contributed by atoms with van der Waals surface area (Å²) in [5.74, 6) is 0. The van der Waals surface area contributed by atoms with Crippen molar-refractivity contribution in [1.29, 1.82) is 0 Å². The van der Waals surface area contributed by atoms with E-state index in [1.165, 1.54) is 9.75 Å². The average molecular weight is 430 g/mol. The first-order valence-electron chi connectivity index (χ1n) is 5.11. The number of hydrogen-bond donors (Lipinski definition) is 1. The number of thiophene rings is 1. The van der Waals surface area contributed by atoms with Crippen LogP contribution in [-0.4, -0.2) is 0 Å². The maximum absolute atomic E-state index is 6.17. The van der Waals surface area contributed by atoms with Crippen molar-refractivity contribution in [3.8, 4) is 0 Å². The van der Waals surface area contributed by atoms with Crippen LogP contribution in [0.2, 0.25) is 10.0 Å². The van der Waals surface area contributed by atoms with Crippen LogP contribution in [0, 0.1) is 6.92 Å². The first kappa shape index (κ1) is 14.7. The average Bonchev–Trinajstić information content (AvgIpc) is 2.65. The molecule has 1 aromatic carbocycles. The van der Waals surface area contributed by atoms with Crippen molar-refractivity contribution in [3.05, 3.63) is 46.9 Å². The topological polar surface area (TPSA) is 12.0 Å². The van der Waals surface area contributed by atoms with E-state index in [0.717, 1.165) is 21.2 Å². The van der Waals surface area contributed by atoms with E-state index in [4.69, 9.17) is 23.2 Å². The second kappa shape index (κ2) is 6.14. The van der Waals surface area contributed by atoms with Crippen molar-refractivity contribution in [2.24, 2.45) is 0 Å². The number of rotatable bonds is 3. The molecule has 1 aromatic heterocycles. The first-order chi connectivity index (χ1) is 8.49. The molecule has 0 bridgehead atoms. The third-order valence-electron chi connectivity index (χ3n) is 2.40. The van der Waals surface area contributed by atoms with Crippen LogP contribution in [0.3, 0.4) is 0 Å². The molecular formula is C12H9Br2Cl2NS. The van der Waals surface area contributed by atoms with Gasteiger partial charge in [-0.05, 0) is 57.0 Å². The zero-order valence-corrected chi connectivity index (χ0v) is 14.9. The fourth-order valence-corrected chi connectivity index (χ4v) is 3.83. The molecule has 0 atom stereocenters. The lowest BCUT2D eigenvalue weighted by Crippen LogP contribution is -1.98. The largest absolute Gasteiger partial charge is 0.379 e. The Morgan fingerprint density at radius 2 is 1.89 bits per heavy atom. The van der Waals surface area contributed by atoms with Crippen LogP contribution < -0.4 is 5.32 Å². The predicted molar refractivity (Wildman–Crippen MR) is 88.2 cm³/mol. The van der Waals surface area contributed by atoms with E-state index in [9.17, 15) is 0 Å². The second-order valence-electron chi connectivity index (χ2n) is 3.69. The highest BCUT2D eigenvalue weighted by Crippen LogP contribution is 2.36. The zero-order chi connectivity index (χ0) is 13.3. The highest BCUT2D eigenvalue weighted by molar-refractivity contribution is 9.10. The Bertz CT molecular complexity index is 564. The molecule has 0 saturated heterocycles. The molecule has 1 nitrogen and oxygen atoms in total. The van der Waals surface area contributed by atoms with E-state index in [0.29, 0.717) is 10.0 Å². The highest BCUT2D eigenvalue weighted by Gasteiger charge is 2.09. The van der Waals surface area contributed by atoms with Gasteiger partial charge in [0.05, 0.1) is 15.7 Å². The van der Waals surface area contributed by atoms with Gasteiger partial charge in [0.15, 0.2) is 0 Å². The Balaban J connectivity index is 2.13. The summed E-state index contributed by atoms with van der Waals surface area (Å²) < 4.78 is 1.94. The molecule has 2 aromatic rings. The normalized spacial score (nSPS) is 10.7. The van der Waals surface area contributed by atoms with Crippen LogP contribution in [0.15, 0.2) is 27.1 Å². The lowest BCUT2D eigenvalue weighted by molar-refractivity contribution is 1.19. The molecule has 0 saturated carbocycles. The lowest BCUT2D eigenvalue weighted by atomic mass is 10.3. The molecule has 2 rings (SSSR count). The van der Waals surface area contributed by atoms with Gasteiger partial charge in [0.1, 0.15) is 0 Å². The summed E-state index contributed by atoms with van der Waals surface area (Å²) in [6.45, 7) is 2.82. The summed E-state index contributed by atoms with van der Waals surface area (Å²) in [7, 11) is 0. The van der Waals surface area contributed by atoms with Crippen molar-refractivity contribution >= 4 is 72.1 Å². The molecule has 0 fully saturated rings. The smallest absolute Gasteiger partial charge is 0.0835 e. The maximum atomic E-state index is 6.17. The summed E-state index contributed by atoms with van der Waals surface area (Å²) in [5, 5.41) is 4.36. The molecule has 0 amide bonds. The van der Waals surface area contributed by atoms with E-state index < -0.39 is 0 Å². The number of anilines is 1. The minimum Gasteiger partial charge on any atom is -0.379 e. The number of benzene rings is 1. The quantitative estimate of drug-likeness (QED) is 0.549. The van der Waals surface area contributed by atoms with Gasteiger partial charge in [0.2, 0.25) is 0 Å². The Morgan fingerprint density at radius 1 is 1.17 bits per heavy atom. The Labute approximate surface area is 137 Å². The number of nitrogens with one attached hydrogen (secondary N) is 1. The Kier molecular flexibility index (Phi) is 5.00. The molecular weight excluding hydrogens is 421 g/mol. The standard InChI is InChI=1S/C12H9Br2Cl2NS/c1-6-9(14)4-7(18-6)5-17-10-3-2-8(13)11(15)12(10)16/h2-4,17H,5H2,1H3. The van der Waals surface area contributed by atoms with Crippen LogP contribution in [-0.2, 0) is 6.54 Å². The first-order valence-corrected chi connectivity index (χ1v) is 8.27. The van der Waals surface area contributed by atoms with Crippen LogP contribution in [0.4, 0.5) is 5.69 Å². The fraction of sp³-hybridized carbons (Fsp3) is 0.167. The van der Waals surface area contributed by atoms with Gasteiger partial charge in [0, 0.05) is 25.2 Å². The molecule has 1 N–H and O–H groups in total. The number of aryl methyl sites for hydroxylation is 1. The fourth-order valence-electron chi connectivity index (χ4n) is 1.45. The van der Waals surface area contributed by atoms with Crippen molar-refractivity contribution in [3.63, 3.8) is 0 Å². The monoisotopic (exact) mass is 427 g/mol. The summed E-state index contributed by atoms with van der Waals surface area (Å²) >= 11 is 20.8. The summed E-state index contributed by atoms with van der Waals surface area (Å²) in [6.07, 6.45) is 0. The lowest BCUT2D eigenvalue weighted by Gasteiger charge is -2.09. The molecule has 0 radical (unpaired) electrons. The summed E-state index contributed by atoms with van der Waals surface area (Å²) in [6, 6.07) is 5.90. The highest BCUT2D eigenvalue weighted by atomic mass is 79.9. The zero-order valence-electron chi connectivity index (χ0n) is 9.36. The van der Waals surface area contributed by atoms with E-state index >= 15 is 0 Å². The SMILES string of the molecule is Cc1sc(CNc2ccc(Br)c(Cl)c2Cl)cc1Br. The van der Waals surface area contributed by atoms with E-state index in [2.05, 4.69) is 50.2 Å². The Hall–Kier alpha value is 0.260. The third-order valence-corrected chi connectivity index (χ3v) is 6.30. The molecule has 18 heavy (non-hydrogen) atoms. The van der Waals surface area contributed by atoms with E-state index in [1.807, 2.05) is 12.1 Å². The molecule has 0 aliphatic heterocycles. The van der Waals surface area contributed by atoms with Crippen molar-refractivity contribution < 1.29 is 0 Å². The van der Waals surface area contributed by atoms with Crippen LogP contribution in [0.5, 0.6) is 0 Å². The van der Waals surface area contributed by atoms with Gasteiger partial charge in [-0.3, -0.25) is 0 Å². The second-order valence-corrected chi connectivity index (χ2v) is 7.50. The van der Waals surface area contributed by atoms with Crippen molar-refractivity contribution in [1.82, 2.24) is 0 Å². The molecule has 0 spiro atoms. The van der Waals surface area contributed by atoms with Crippen molar-refractivity contribution in [2.45, 2.75) is 13.5 Å². The van der Waals surface area contributed by atoms with Gasteiger partial charge >= 0.3 is 0 Å². The predicted octanol–water partition coefficient (Wildman–Crippen LogP) is 6.50. The summed E-state index contributed by atoms with van der Waals surface area (Å²) in [5.41, 5.74) is 0.840. The van der Waals surface area contributed by atoms with Crippen molar-refractivity contribution in [2.75, 3.05) is 5.32 Å². The van der Waals surface area contributed by atoms with E-state index in [-0.39, 0.29) is 0 Å². The maximum Gasteiger partial charge on any atom is 0.0835 e. The van der Waals surface area contributed by atoms with E-state index in [1.54, 1.807) is 11.3 Å². The number of hydrogen-bond acceptors (Lipinski definition) is 2.